The minimum Gasteiger partial charge on any atom is -0.385 e. The Morgan fingerprint density at radius 2 is 1.88 bits per heavy atom. The predicted molar refractivity (Wildman–Crippen MR) is 95.5 cm³/mol. The Balaban J connectivity index is 1.48. The van der Waals surface area contributed by atoms with E-state index in [1.807, 2.05) is 0 Å². The van der Waals surface area contributed by atoms with Crippen LogP contribution in [0.25, 0.3) is 0 Å². The van der Waals surface area contributed by atoms with Gasteiger partial charge in [-0.05, 0) is 49.3 Å². The molecule has 2 fully saturated rings. The van der Waals surface area contributed by atoms with Crippen LogP contribution in [0, 0.1) is 11.7 Å². The van der Waals surface area contributed by atoms with Gasteiger partial charge in [0.15, 0.2) is 0 Å². The molecule has 0 bridgehead atoms. The molecule has 0 spiro atoms. The molecule has 1 heterocycles. The zero-order valence-corrected chi connectivity index (χ0v) is 15.0. The first-order chi connectivity index (χ1) is 12.0. The van der Waals surface area contributed by atoms with E-state index in [-0.39, 0.29) is 11.7 Å². The molecule has 0 aromatic heterocycles. The molecule has 1 aromatic carbocycles. The molecule has 4 nitrogen and oxygen atoms in total. The Morgan fingerprint density at radius 1 is 1.24 bits per heavy atom. The molecular formula is C20H29FN2O2. The number of piperidine rings is 1. The Kier molecular flexibility index (Phi) is 5.74. The van der Waals surface area contributed by atoms with Crippen LogP contribution in [-0.2, 0) is 10.4 Å². The van der Waals surface area contributed by atoms with E-state index in [9.17, 15) is 14.3 Å². The summed E-state index contributed by atoms with van der Waals surface area (Å²) in [5, 5.41) is 14.0. The quantitative estimate of drug-likeness (QED) is 0.880. The minimum absolute atomic E-state index is 0.0889. The van der Waals surface area contributed by atoms with Crippen molar-refractivity contribution in [2.75, 3.05) is 19.6 Å². The van der Waals surface area contributed by atoms with Gasteiger partial charge in [0.1, 0.15) is 5.82 Å². The summed E-state index contributed by atoms with van der Waals surface area (Å²) in [7, 11) is 0. The maximum absolute atomic E-state index is 13.1. The fraction of sp³-hybridized carbons (Fsp3) is 0.650. The minimum atomic E-state index is -0.918. The van der Waals surface area contributed by atoms with Crippen LogP contribution in [0.1, 0.15) is 51.0 Å². The van der Waals surface area contributed by atoms with Gasteiger partial charge in [0, 0.05) is 19.1 Å². The number of benzene rings is 1. The summed E-state index contributed by atoms with van der Waals surface area (Å²) in [5.74, 6) is 0.354. The van der Waals surface area contributed by atoms with Crippen molar-refractivity contribution < 1.29 is 14.3 Å². The summed E-state index contributed by atoms with van der Waals surface area (Å²) in [4.78, 5) is 14.4. The molecule has 5 heteroatoms. The summed E-state index contributed by atoms with van der Waals surface area (Å²) in [6, 6.07) is 6.39. The fourth-order valence-electron chi connectivity index (χ4n) is 4.12. The highest BCUT2D eigenvalue weighted by Crippen LogP contribution is 2.32. The zero-order valence-electron chi connectivity index (χ0n) is 15.0. The Bertz CT molecular complexity index is 582. The number of carbonyl (C=O) groups is 1. The number of halogens is 1. The Hall–Kier alpha value is -1.46. The topological polar surface area (TPSA) is 52.6 Å². The van der Waals surface area contributed by atoms with Crippen LogP contribution >= 0.6 is 0 Å². The largest absolute Gasteiger partial charge is 0.385 e. The van der Waals surface area contributed by atoms with Crippen molar-refractivity contribution in [1.29, 1.82) is 0 Å². The number of aliphatic hydroxyl groups is 1. The molecule has 1 aliphatic carbocycles. The van der Waals surface area contributed by atoms with Crippen LogP contribution in [0.2, 0.25) is 0 Å². The normalized spacial score (nSPS) is 27.0. The van der Waals surface area contributed by atoms with Crippen molar-refractivity contribution in [2.24, 2.45) is 5.92 Å². The van der Waals surface area contributed by atoms with E-state index >= 15 is 0 Å². The smallest absolute Gasteiger partial charge is 0.234 e. The number of rotatable bonds is 4. The summed E-state index contributed by atoms with van der Waals surface area (Å²) in [6.45, 7) is 3.94. The van der Waals surface area contributed by atoms with Crippen LogP contribution in [0.3, 0.4) is 0 Å². The number of hydrogen-bond acceptors (Lipinski definition) is 3. The average Bonchev–Trinajstić information content (AvgIpc) is 2.60. The first kappa shape index (κ1) is 18.3. The van der Waals surface area contributed by atoms with Gasteiger partial charge in [-0.3, -0.25) is 9.69 Å². The van der Waals surface area contributed by atoms with E-state index in [4.69, 9.17) is 0 Å². The zero-order chi connectivity index (χ0) is 17.9. The lowest BCUT2D eigenvalue weighted by Crippen LogP contribution is -2.49. The summed E-state index contributed by atoms with van der Waals surface area (Å²) in [5.41, 5.74) is -0.160. The molecule has 1 saturated carbocycles. The molecule has 1 aromatic rings. The van der Waals surface area contributed by atoms with Gasteiger partial charge in [-0.25, -0.2) is 4.39 Å². The monoisotopic (exact) mass is 348 g/mol. The highest BCUT2D eigenvalue weighted by Gasteiger charge is 2.34. The first-order valence-corrected chi connectivity index (χ1v) is 9.46. The standard InChI is InChI=1S/C20H29FN2O2/c1-15-4-2-3-5-18(15)22-19(24)14-23-12-10-20(25,11-13-23)16-6-8-17(21)9-7-16/h6-9,15,18,25H,2-5,10-14H2,1H3,(H,22,24)/t15-,18+/m1/s1. The second-order valence-corrected chi connectivity index (χ2v) is 7.75. The lowest BCUT2D eigenvalue weighted by Gasteiger charge is -2.38. The molecule has 0 unspecified atom stereocenters. The van der Waals surface area contributed by atoms with Gasteiger partial charge in [0.25, 0.3) is 0 Å². The van der Waals surface area contributed by atoms with E-state index in [2.05, 4.69) is 17.1 Å². The maximum Gasteiger partial charge on any atom is 0.234 e. The third kappa shape index (κ3) is 4.59. The first-order valence-electron chi connectivity index (χ1n) is 9.46. The summed E-state index contributed by atoms with van der Waals surface area (Å²) >= 11 is 0. The van der Waals surface area contributed by atoms with Gasteiger partial charge in [-0.1, -0.05) is 31.9 Å². The van der Waals surface area contributed by atoms with Gasteiger partial charge in [0.2, 0.25) is 5.91 Å². The van der Waals surface area contributed by atoms with Gasteiger partial charge in [-0.15, -0.1) is 0 Å². The number of nitrogens with zero attached hydrogens (tertiary/aromatic N) is 1. The molecule has 2 aliphatic rings. The van der Waals surface area contributed by atoms with Crippen LogP contribution in [0.15, 0.2) is 24.3 Å². The van der Waals surface area contributed by atoms with Crippen molar-refractivity contribution in [2.45, 2.75) is 57.1 Å². The Labute approximate surface area is 149 Å². The second-order valence-electron chi connectivity index (χ2n) is 7.75. The predicted octanol–water partition coefficient (Wildman–Crippen LogP) is 2.80. The van der Waals surface area contributed by atoms with Gasteiger partial charge in [-0.2, -0.15) is 0 Å². The lowest BCUT2D eigenvalue weighted by atomic mass is 9.84. The molecule has 2 atom stereocenters. The molecular weight excluding hydrogens is 319 g/mol. The lowest BCUT2D eigenvalue weighted by molar-refractivity contribution is -0.124. The third-order valence-electron chi connectivity index (χ3n) is 5.89. The fourth-order valence-corrected chi connectivity index (χ4v) is 4.12. The molecule has 1 aliphatic heterocycles. The molecule has 25 heavy (non-hydrogen) atoms. The SMILES string of the molecule is C[C@@H]1CCCC[C@@H]1NC(=O)CN1CCC(O)(c2ccc(F)cc2)CC1. The van der Waals surface area contributed by atoms with Gasteiger partial charge < -0.3 is 10.4 Å². The van der Waals surface area contributed by atoms with Crippen LogP contribution in [0.4, 0.5) is 4.39 Å². The van der Waals surface area contributed by atoms with Crippen molar-refractivity contribution in [3.05, 3.63) is 35.6 Å². The van der Waals surface area contributed by atoms with Crippen molar-refractivity contribution >= 4 is 5.91 Å². The molecule has 1 amide bonds. The maximum atomic E-state index is 13.1. The highest BCUT2D eigenvalue weighted by atomic mass is 19.1. The average molecular weight is 348 g/mol. The van der Waals surface area contributed by atoms with E-state index in [0.29, 0.717) is 44.4 Å². The van der Waals surface area contributed by atoms with E-state index in [1.165, 1.54) is 31.4 Å². The summed E-state index contributed by atoms with van der Waals surface area (Å²) < 4.78 is 13.1. The molecule has 1 saturated heterocycles. The summed E-state index contributed by atoms with van der Waals surface area (Å²) in [6.07, 6.45) is 5.86. The van der Waals surface area contributed by atoms with Gasteiger partial charge >= 0.3 is 0 Å². The van der Waals surface area contributed by atoms with Crippen LogP contribution < -0.4 is 5.32 Å². The van der Waals surface area contributed by atoms with Crippen LogP contribution in [0.5, 0.6) is 0 Å². The molecule has 2 N–H and O–H groups in total. The number of amides is 1. The second kappa shape index (κ2) is 7.83. The van der Waals surface area contributed by atoms with Crippen molar-refractivity contribution in [1.82, 2.24) is 10.2 Å². The molecule has 3 rings (SSSR count). The third-order valence-corrected chi connectivity index (χ3v) is 5.89. The number of carbonyl (C=O) groups excluding carboxylic acids is 1. The van der Waals surface area contributed by atoms with E-state index < -0.39 is 5.60 Å². The Morgan fingerprint density at radius 3 is 2.52 bits per heavy atom. The number of likely N-dealkylation sites (tertiary alicyclic amines) is 1. The van der Waals surface area contributed by atoms with Crippen molar-refractivity contribution in [3.8, 4) is 0 Å². The molecule has 138 valence electrons. The highest BCUT2D eigenvalue weighted by molar-refractivity contribution is 5.78. The van der Waals surface area contributed by atoms with E-state index in [1.54, 1.807) is 12.1 Å². The molecule has 0 radical (unpaired) electrons. The number of hydrogen-bond donors (Lipinski definition) is 2. The van der Waals surface area contributed by atoms with E-state index in [0.717, 1.165) is 12.0 Å². The van der Waals surface area contributed by atoms with Gasteiger partial charge in [0.05, 0.1) is 12.1 Å². The van der Waals surface area contributed by atoms with Crippen LogP contribution in [-0.4, -0.2) is 41.6 Å². The number of nitrogens with one attached hydrogen (secondary N) is 1. The van der Waals surface area contributed by atoms with Crippen molar-refractivity contribution in [3.63, 3.8) is 0 Å².